The fourth-order valence-electron chi connectivity index (χ4n) is 4.58. The highest BCUT2D eigenvalue weighted by Gasteiger charge is 2.24. The van der Waals surface area contributed by atoms with Crippen LogP contribution >= 0.6 is 0 Å². The number of nitrogens with zero attached hydrogens (tertiary/aromatic N) is 4. The highest BCUT2D eigenvalue weighted by Crippen LogP contribution is 2.27. The Morgan fingerprint density at radius 2 is 1.64 bits per heavy atom. The van der Waals surface area contributed by atoms with Gasteiger partial charge in [0.1, 0.15) is 17.2 Å². The second kappa shape index (κ2) is 10.5. The molecule has 2 aromatic heterocycles. The van der Waals surface area contributed by atoms with Crippen molar-refractivity contribution in [1.29, 1.82) is 0 Å². The third-order valence-corrected chi connectivity index (χ3v) is 6.45. The summed E-state index contributed by atoms with van der Waals surface area (Å²) in [5.74, 6) is -2.99. The third kappa shape index (κ3) is 5.14. The largest absolute Gasteiger partial charge is 0.477 e. The van der Waals surface area contributed by atoms with Crippen molar-refractivity contribution < 1.29 is 18.7 Å². The van der Waals surface area contributed by atoms with Gasteiger partial charge in [0.15, 0.2) is 0 Å². The number of carboxylic acids is 1. The number of imidazole rings is 1. The fourth-order valence-corrected chi connectivity index (χ4v) is 4.58. The molecule has 0 amide bonds. The van der Waals surface area contributed by atoms with Crippen LogP contribution in [0, 0.1) is 11.6 Å². The number of carbonyl (C=O) groups is 1. The minimum atomic E-state index is -1.46. The predicted octanol–water partition coefficient (Wildman–Crippen LogP) is 4.40. The summed E-state index contributed by atoms with van der Waals surface area (Å²) in [5.41, 5.74) is 7.35. The Labute approximate surface area is 222 Å². The molecule has 0 aliphatic rings. The second-order valence-electron chi connectivity index (χ2n) is 9.30. The second-order valence-corrected chi connectivity index (χ2v) is 9.30. The lowest BCUT2D eigenvalue weighted by molar-refractivity contribution is 0.0693. The van der Waals surface area contributed by atoms with Gasteiger partial charge in [-0.2, -0.15) is 0 Å². The molecule has 198 valence electrons. The number of benzene rings is 3. The molecule has 0 aliphatic carbocycles. The third-order valence-electron chi connectivity index (χ3n) is 6.45. The summed E-state index contributed by atoms with van der Waals surface area (Å²) in [7, 11) is 1.87. The summed E-state index contributed by atoms with van der Waals surface area (Å²) in [6.45, 7) is 0.394. The number of hydrogen-bond acceptors (Lipinski definition) is 5. The van der Waals surface area contributed by atoms with Gasteiger partial charge in [0, 0.05) is 36.1 Å². The Bertz CT molecular complexity index is 1710. The van der Waals surface area contributed by atoms with Gasteiger partial charge >= 0.3 is 5.97 Å². The zero-order valence-electron chi connectivity index (χ0n) is 21.0. The van der Waals surface area contributed by atoms with Crippen LogP contribution in [0.1, 0.15) is 27.2 Å². The van der Waals surface area contributed by atoms with E-state index < -0.39 is 28.7 Å². The van der Waals surface area contributed by atoms with Gasteiger partial charge in [-0.15, -0.1) is 0 Å². The van der Waals surface area contributed by atoms with Crippen molar-refractivity contribution in [3.63, 3.8) is 0 Å². The van der Waals surface area contributed by atoms with Gasteiger partial charge in [0.2, 0.25) is 5.78 Å². The van der Waals surface area contributed by atoms with Crippen LogP contribution in [-0.2, 0) is 19.6 Å². The molecular formula is C29H25F2N5O3. The minimum absolute atomic E-state index is 0.0580. The van der Waals surface area contributed by atoms with Crippen molar-refractivity contribution >= 4 is 17.4 Å². The molecule has 8 nitrogen and oxygen atoms in total. The topological polar surface area (TPSA) is 106 Å². The van der Waals surface area contributed by atoms with E-state index in [1.807, 2.05) is 42.3 Å². The molecule has 39 heavy (non-hydrogen) atoms. The van der Waals surface area contributed by atoms with Crippen molar-refractivity contribution in [2.75, 3.05) is 12.8 Å². The van der Waals surface area contributed by atoms with E-state index in [1.54, 1.807) is 24.3 Å². The zero-order valence-corrected chi connectivity index (χ0v) is 21.0. The summed E-state index contributed by atoms with van der Waals surface area (Å²) < 4.78 is 31.6. The lowest BCUT2D eigenvalue weighted by atomic mass is 10.1. The van der Waals surface area contributed by atoms with E-state index in [9.17, 15) is 23.5 Å². The lowest BCUT2D eigenvalue weighted by Gasteiger charge is -2.18. The monoisotopic (exact) mass is 529 g/mol. The molecule has 5 rings (SSSR count). The molecule has 0 aliphatic heterocycles. The Kier molecular flexibility index (Phi) is 6.95. The van der Waals surface area contributed by atoms with Crippen LogP contribution in [0.15, 0.2) is 83.8 Å². The van der Waals surface area contributed by atoms with E-state index >= 15 is 0 Å². The molecule has 0 spiro atoms. The fraction of sp³-hybridized carbons (Fsp3) is 0.138. The van der Waals surface area contributed by atoms with E-state index in [0.717, 1.165) is 23.9 Å². The average molecular weight is 530 g/mol. The van der Waals surface area contributed by atoms with Crippen molar-refractivity contribution in [1.82, 2.24) is 18.9 Å². The van der Waals surface area contributed by atoms with Crippen molar-refractivity contribution in [3.8, 4) is 11.3 Å². The van der Waals surface area contributed by atoms with Crippen LogP contribution < -0.4 is 11.3 Å². The predicted molar refractivity (Wildman–Crippen MR) is 143 cm³/mol. The molecule has 3 N–H and O–H groups in total. The van der Waals surface area contributed by atoms with Crippen molar-refractivity contribution in [2.45, 2.75) is 19.6 Å². The number of halogens is 2. The summed E-state index contributed by atoms with van der Waals surface area (Å²) in [5, 5.41) is 9.83. The summed E-state index contributed by atoms with van der Waals surface area (Å²) in [4.78, 5) is 32.3. The van der Waals surface area contributed by atoms with Gasteiger partial charge in [-0.1, -0.05) is 48.5 Å². The van der Waals surface area contributed by atoms with Crippen LogP contribution in [0.5, 0.6) is 0 Å². The molecule has 0 bridgehead atoms. The highest BCUT2D eigenvalue weighted by atomic mass is 19.1. The summed E-state index contributed by atoms with van der Waals surface area (Å²) in [6.07, 6.45) is 1.07. The first-order valence-electron chi connectivity index (χ1n) is 12.1. The quantitative estimate of drug-likeness (QED) is 0.289. The lowest BCUT2D eigenvalue weighted by Crippen LogP contribution is -2.28. The summed E-state index contributed by atoms with van der Waals surface area (Å²) >= 11 is 0. The summed E-state index contributed by atoms with van der Waals surface area (Å²) in [6, 6.07) is 20.1. The number of fused-ring (bicyclic) bond motifs is 1. The van der Waals surface area contributed by atoms with Crippen LogP contribution in [0.3, 0.4) is 0 Å². The van der Waals surface area contributed by atoms with E-state index in [1.165, 1.54) is 15.0 Å². The first-order valence-corrected chi connectivity index (χ1v) is 12.1. The Morgan fingerprint density at radius 3 is 2.28 bits per heavy atom. The zero-order chi connectivity index (χ0) is 27.7. The molecule has 0 unspecified atom stereocenters. The Hall–Kier alpha value is -4.83. The van der Waals surface area contributed by atoms with E-state index in [2.05, 4.69) is 0 Å². The number of anilines is 1. The number of carboxylic acid groups (broad SMARTS) is 1. The number of hydrogen-bond donors (Lipinski definition) is 2. The van der Waals surface area contributed by atoms with Gasteiger partial charge in [-0.3, -0.25) is 9.69 Å². The molecule has 0 fully saturated rings. The maximum atomic E-state index is 14.6. The van der Waals surface area contributed by atoms with Crippen molar-refractivity contribution in [2.24, 2.45) is 0 Å². The van der Waals surface area contributed by atoms with Gasteiger partial charge < -0.3 is 15.4 Å². The number of aromatic nitrogens is 3. The molecular weight excluding hydrogens is 504 g/mol. The Morgan fingerprint density at radius 1 is 0.974 bits per heavy atom. The number of nitrogen functional groups attached to an aromatic ring is 1. The first kappa shape index (κ1) is 25.8. The Balaban J connectivity index is 1.73. The van der Waals surface area contributed by atoms with Crippen LogP contribution in [0.25, 0.3) is 17.0 Å². The molecule has 10 heteroatoms. The maximum absolute atomic E-state index is 14.6. The van der Waals surface area contributed by atoms with Gasteiger partial charge in [0.25, 0.3) is 5.56 Å². The number of rotatable bonds is 8. The van der Waals surface area contributed by atoms with E-state index in [0.29, 0.717) is 29.2 Å². The average Bonchev–Trinajstić information content (AvgIpc) is 3.28. The van der Waals surface area contributed by atoms with E-state index in [4.69, 9.17) is 10.7 Å². The molecule has 3 aromatic carbocycles. The van der Waals surface area contributed by atoms with Crippen molar-refractivity contribution in [3.05, 3.63) is 123 Å². The molecule has 2 heterocycles. The number of aromatic carboxylic acids is 1. The maximum Gasteiger partial charge on any atom is 0.342 e. The molecule has 0 saturated heterocycles. The first-order chi connectivity index (χ1) is 18.7. The minimum Gasteiger partial charge on any atom is -0.477 e. The van der Waals surface area contributed by atoms with Crippen LogP contribution in [-0.4, -0.2) is 37.0 Å². The van der Waals surface area contributed by atoms with Crippen LogP contribution in [0.4, 0.5) is 14.5 Å². The smallest absolute Gasteiger partial charge is 0.342 e. The number of nitrogens with two attached hydrogens (primary N) is 1. The van der Waals surface area contributed by atoms with Gasteiger partial charge in [-0.05, 0) is 36.9 Å². The van der Waals surface area contributed by atoms with Gasteiger partial charge in [0.05, 0.1) is 17.9 Å². The SMILES string of the molecule is CN(Cc1ccccc1)Cc1c(-c2ccc(N)cc2)nc2n(Cc3c(F)cccc3F)cc(C(=O)O)c(=O)n12. The highest BCUT2D eigenvalue weighted by molar-refractivity contribution is 5.87. The van der Waals surface area contributed by atoms with E-state index in [-0.39, 0.29) is 24.4 Å². The molecule has 5 aromatic rings. The standard InChI is InChI=1S/C29H25F2N5O3/c1-34(14-18-6-3-2-4-7-18)17-25-26(19-10-12-20(32)13-11-19)33-29-35(15-21-23(30)8-5-9-24(21)31)16-22(28(38)39)27(37)36(25)29/h2-13,16H,14-15,17,32H2,1H3,(H,38,39). The van der Waals surface area contributed by atoms with Crippen LogP contribution in [0.2, 0.25) is 0 Å². The molecule has 0 saturated carbocycles. The normalized spacial score (nSPS) is 11.4. The molecule has 0 radical (unpaired) electrons. The molecule has 0 atom stereocenters. The van der Waals surface area contributed by atoms with Gasteiger partial charge in [-0.25, -0.2) is 23.0 Å².